The summed E-state index contributed by atoms with van der Waals surface area (Å²) in [7, 11) is -3.51. The molecule has 2 atom stereocenters. The van der Waals surface area contributed by atoms with E-state index in [0.717, 1.165) is 12.8 Å². The lowest BCUT2D eigenvalue weighted by molar-refractivity contribution is 0.445. The normalized spacial score (nSPS) is 15.3. The number of aromatic nitrogens is 1. The topological polar surface area (TPSA) is 85.1 Å². The Bertz CT molecular complexity index is 488. The van der Waals surface area contributed by atoms with Crippen molar-refractivity contribution in [1.82, 2.24) is 9.71 Å². The fourth-order valence-electron chi connectivity index (χ4n) is 1.75. The highest BCUT2D eigenvalue weighted by Crippen LogP contribution is 2.14. The molecule has 0 bridgehead atoms. The van der Waals surface area contributed by atoms with Crippen molar-refractivity contribution in [2.24, 2.45) is 5.92 Å². The van der Waals surface area contributed by atoms with Crippen LogP contribution in [-0.2, 0) is 10.0 Å². The number of hydrogen-bond acceptors (Lipinski definition) is 4. The van der Waals surface area contributed by atoms with Crippen molar-refractivity contribution in [3.8, 4) is 0 Å². The Kier molecular flexibility index (Phi) is 5.10. The van der Waals surface area contributed by atoms with Gasteiger partial charge in [0.1, 0.15) is 5.82 Å². The molecule has 2 unspecified atom stereocenters. The molecule has 3 N–H and O–H groups in total. The van der Waals surface area contributed by atoms with Crippen molar-refractivity contribution < 1.29 is 8.42 Å². The molecule has 1 rings (SSSR count). The van der Waals surface area contributed by atoms with Gasteiger partial charge in [-0.1, -0.05) is 20.3 Å². The van der Waals surface area contributed by atoms with Crippen LogP contribution in [0.2, 0.25) is 0 Å². The first kappa shape index (κ1) is 14.9. The van der Waals surface area contributed by atoms with E-state index in [1.165, 1.54) is 18.3 Å². The molecule has 1 aromatic heterocycles. The van der Waals surface area contributed by atoms with Crippen LogP contribution in [0.5, 0.6) is 0 Å². The maximum atomic E-state index is 12.1. The van der Waals surface area contributed by atoms with Gasteiger partial charge in [-0.15, -0.1) is 0 Å². The molecule has 0 saturated heterocycles. The van der Waals surface area contributed by atoms with Crippen LogP contribution in [0.25, 0.3) is 0 Å². The minimum Gasteiger partial charge on any atom is -0.384 e. The Morgan fingerprint density at radius 3 is 2.67 bits per heavy atom. The van der Waals surface area contributed by atoms with Gasteiger partial charge >= 0.3 is 0 Å². The first-order valence-corrected chi connectivity index (χ1v) is 7.57. The maximum Gasteiger partial charge on any atom is 0.240 e. The number of nitrogen functional groups attached to an aromatic ring is 1. The molecule has 0 aliphatic rings. The highest BCUT2D eigenvalue weighted by Gasteiger charge is 2.18. The van der Waals surface area contributed by atoms with E-state index in [1.807, 2.05) is 6.92 Å². The van der Waals surface area contributed by atoms with Crippen molar-refractivity contribution in [3.05, 3.63) is 18.3 Å². The van der Waals surface area contributed by atoms with Gasteiger partial charge in [0.2, 0.25) is 10.0 Å². The Labute approximate surface area is 109 Å². The summed E-state index contributed by atoms with van der Waals surface area (Å²) < 4.78 is 26.8. The SMILES string of the molecule is CCC(C)CC(C)NS(=O)(=O)c1ccnc(N)c1. The minimum absolute atomic E-state index is 0.0978. The monoisotopic (exact) mass is 271 g/mol. The first-order valence-electron chi connectivity index (χ1n) is 6.09. The molecule has 1 heterocycles. The zero-order valence-electron chi connectivity index (χ0n) is 11.1. The molecule has 0 spiro atoms. The maximum absolute atomic E-state index is 12.1. The van der Waals surface area contributed by atoms with Crippen molar-refractivity contribution in [3.63, 3.8) is 0 Å². The van der Waals surface area contributed by atoms with Crippen LogP contribution in [0.3, 0.4) is 0 Å². The van der Waals surface area contributed by atoms with Crippen LogP contribution in [-0.4, -0.2) is 19.4 Å². The van der Waals surface area contributed by atoms with Crippen LogP contribution in [0.15, 0.2) is 23.2 Å². The Morgan fingerprint density at radius 1 is 1.44 bits per heavy atom. The summed E-state index contributed by atoms with van der Waals surface area (Å²) in [6.07, 6.45) is 3.24. The summed E-state index contributed by atoms with van der Waals surface area (Å²) in [5.74, 6) is 0.692. The molecule has 6 heteroatoms. The Hall–Kier alpha value is -1.14. The largest absolute Gasteiger partial charge is 0.384 e. The highest BCUT2D eigenvalue weighted by atomic mass is 32.2. The number of nitrogens with zero attached hydrogens (tertiary/aromatic N) is 1. The van der Waals surface area contributed by atoms with Gasteiger partial charge in [-0.3, -0.25) is 0 Å². The summed E-state index contributed by atoms with van der Waals surface area (Å²) in [6, 6.07) is 2.70. The fraction of sp³-hybridized carbons (Fsp3) is 0.583. The lowest BCUT2D eigenvalue weighted by Gasteiger charge is -2.17. The molecule has 18 heavy (non-hydrogen) atoms. The summed E-state index contributed by atoms with van der Waals surface area (Å²) in [6.45, 7) is 6.07. The van der Waals surface area contributed by atoms with Crippen LogP contribution >= 0.6 is 0 Å². The zero-order valence-corrected chi connectivity index (χ0v) is 11.9. The quantitative estimate of drug-likeness (QED) is 0.825. The van der Waals surface area contributed by atoms with Crippen molar-refractivity contribution in [2.75, 3.05) is 5.73 Å². The zero-order chi connectivity index (χ0) is 13.8. The molecule has 0 aliphatic carbocycles. The van der Waals surface area contributed by atoms with Gasteiger partial charge in [0, 0.05) is 18.3 Å². The lowest BCUT2D eigenvalue weighted by Crippen LogP contribution is -2.33. The lowest BCUT2D eigenvalue weighted by atomic mass is 10.0. The second-order valence-corrected chi connectivity index (χ2v) is 6.40. The van der Waals surface area contributed by atoms with E-state index in [4.69, 9.17) is 5.73 Å². The predicted octanol–water partition coefficient (Wildman–Crippen LogP) is 1.77. The third-order valence-electron chi connectivity index (χ3n) is 2.87. The van der Waals surface area contributed by atoms with Gasteiger partial charge < -0.3 is 5.73 Å². The summed E-state index contributed by atoms with van der Waals surface area (Å²) in [5, 5.41) is 0. The van der Waals surface area contributed by atoms with Gasteiger partial charge in [-0.05, 0) is 25.3 Å². The van der Waals surface area contributed by atoms with Crippen LogP contribution in [0.1, 0.15) is 33.6 Å². The molecule has 0 aromatic carbocycles. The average Bonchev–Trinajstić information content (AvgIpc) is 2.28. The van der Waals surface area contributed by atoms with Gasteiger partial charge in [0.15, 0.2) is 0 Å². The molecular weight excluding hydrogens is 250 g/mol. The molecule has 102 valence electrons. The average molecular weight is 271 g/mol. The summed E-state index contributed by atoms with van der Waals surface area (Å²) in [5.41, 5.74) is 5.49. The van der Waals surface area contributed by atoms with Crippen molar-refractivity contribution in [1.29, 1.82) is 0 Å². The second kappa shape index (κ2) is 6.15. The number of sulfonamides is 1. The number of rotatable bonds is 6. The van der Waals surface area contributed by atoms with Gasteiger partial charge in [0.05, 0.1) is 4.90 Å². The molecule has 1 aromatic rings. The van der Waals surface area contributed by atoms with Crippen LogP contribution in [0.4, 0.5) is 5.82 Å². The standard InChI is InChI=1S/C12H21N3O2S/c1-4-9(2)7-10(3)15-18(16,17)11-5-6-14-12(13)8-11/h5-6,8-10,15H,4,7H2,1-3H3,(H2,13,14). The van der Waals surface area contributed by atoms with Crippen molar-refractivity contribution >= 4 is 15.8 Å². The number of anilines is 1. The predicted molar refractivity (Wildman–Crippen MR) is 72.5 cm³/mol. The van der Waals surface area contributed by atoms with E-state index in [0.29, 0.717) is 5.92 Å². The summed E-state index contributed by atoms with van der Waals surface area (Å²) in [4.78, 5) is 3.94. The van der Waals surface area contributed by atoms with Crippen molar-refractivity contribution in [2.45, 2.75) is 44.6 Å². The van der Waals surface area contributed by atoms with E-state index in [9.17, 15) is 8.42 Å². The number of nitrogens with one attached hydrogen (secondary N) is 1. The summed E-state index contributed by atoms with van der Waals surface area (Å²) >= 11 is 0. The second-order valence-electron chi connectivity index (χ2n) is 4.69. The van der Waals surface area contributed by atoms with Crippen LogP contribution < -0.4 is 10.5 Å². The number of nitrogens with two attached hydrogens (primary N) is 1. The minimum atomic E-state index is -3.51. The van der Waals surface area contributed by atoms with Crippen LogP contribution in [0, 0.1) is 5.92 Å². The van der Waals surface area contributed by atoms with E-state index in [2.05, 4.69) is 23.6 Å². The van der Waals surface area contributed by atoms with E-state index < -0.39 is 10.0 Å². The molecule has 5 nitrogen and oxygen atoms in total. The molecule has 0 amide bonds. The number of pyridine rings is 1. The Morgan fingerprint density at radius 2 is 2.11 bits per heavy atom. The smallest absolute Gasteiger partial charge is 0.240 e. The van der Waals surface area contributed by atoms with E-state index >= 15 is 0 Å². The fourth-order valence-corrected chi connectivity index (χ4v) is 3.02. The molecular formula is C12H21N3O2S. The van der Waals surface area contributed by atoms with Gasteiger partial charge in [-0.2, -0.15) is 0 Å². The molecule has 0 aliphatic heterocycles. The third-order valence-corrected chi connectivity index (χ3v) is 4.46. The molecule has 0 fully saturated rings. The Balaban J connectivity index is 2.76. The third kappa shape index (κ3) is 4.27. The van der Waals surface area contributed by atoms with Gasteiger partial charge in [0.25, 0.3) is 0 Å². The van der Waals surface area contributed by atoms with E-state index in [-0.39, 0.29) is 16.8 Å². The number of hydrogen-bond donors (Lipinski definition) is 2. The van der Waals surface area contributed by atoms with Gasteiger partial charge in [-0.25, -0.2) is 18.1 Å². The first-order chi connectivity index (χ1) is 8.35. The van der Waals surface area contributed by atoms with E-state index in [1.54, 1.807) is 0 Å². The molecule has 0 saturated carbocycles. The highest BCUT2D eigenvalue weighted by molar-refractivity contribution is 7.89. The molecule has 0 radical (unpaired) electrons.